The van der Waals surface area contributed by atoms with Gasteiger partial charge >= 0.3 is 0 Å². The van der Waals surface area contributed by atoms with Crippen molar-refractivity contribution in [2.75, 3.05) is 5.32 Å². The summed E-state index contributed by atoms with van der Waals surface area (Å²) in [6.45, 7) is 0. The fraction of sp³-hybridized carbons (Fsp3) is 0.130. The van der Waals surface area contributed by atoms with Crippen LogP contribution in [0.3, 0.4) is 0 Å². The second-order valence-corrected chi connectivity index (χ2v) is 8.35. The Kier molecular flexibility index (Phi) is 5.24. The van der Waals surface area contributed by atoms with Crippen molar-refractivity contribution in [2.24, 2.45) is 0 Å². The monoisotopic (exact) mass is 447 g/mol. The zero-order chi connectivity index (χ0) is 22.1. The van der Waals surface area contributed by atoms with Gasteiger partial charge in [0.05, 0.1) is 10.6 Å². The number of hydrogen-bond donors (Lipinski definition) is 2. The van der Waals surface area contributed by atoms with Crippen LogP contribution in [0.25, 0.3) is 16.4 Å². The third-order valence-corrected chi connectivity index (χ3v) is 5.78. The smallest absolute Gasteiger partial charge is 0.295 e. The number of hydrogen-bond acceptors (Lipinski definition) is 5. The number of anilines is 1. The van der Waals surface area contributed by atoms with Gasteiger partial charge in [-0.15, -0.1) is 16.4 Å². The summed E-state index contributed by atoms with van der Waals surface area (Å²) >= 11 is 1.46. The topological polar surface area (TPSA) is 88.9 Å². The standard InChI is InChI=1S/C23H18FN5O2S/c24-15-6-10-18(11-7-15)29-21(19-5-2-12-32-19)27-20(28-29)23(31)26-17-4-1-3-14(13-17)22(30)25-16-8-9-16/h1-7,10-13,16H,8-9H2,(H,25,30)(H,26,31). The van der Waals surface area contributed by atoms with Crippen molar-refractivity contribution in [1.29, 1.82) is 0 Å². The number of carbonyl (C=O) groups excluding carboxylic acids is 2. The van der Waals surface area contributed by atoms with E-state index in [0.717, 1.165) is 17.7 Å². The largest absolute Gasteiger partial charge is 0.349 e. The summed E-state index contributed by atoms with van der Waals surface area (Å²) in [5.41, 5.74) is 1.52. The number of benzene rings is 2. The number of carbonyl (C=O) groups is 2. The van der Waals surface area contributed by atoms with E-state index in [9.17, 15) is 14.0 Å². The van der Waals surface area contributed by atoms with Gasteiger partial charge in [0.25, 0.3) is 11.8 Å². The molecular weight excluding hydrogens is 429 g/mol. The van der Waals surface area contributed by atoms with Crippen molar-refractivity contribution >= 4 is 28.8 Å². The average molecular weight is 447 g/mol. The fourth-order valence-electron chi connectivity index (χ4n) is 3.16. The minimum absolute atomic E-state index is 0.0365. The van der Waals surface area contributed by atoms with Gasteiger partial charge in [0, 0.05) is 17.3 Å². The lowest BCUT2D eigenvalue weighted by Crippen LogP contribution is -2.25. The molecule has 2 N–H and O–H groups in total. The molecule has 1 saturated carbocycles. The summed E-state index contributed by atoms with van der Waals surface area (Å²) in [6.07, 6.45) is 1.99. The Labute approximate surface area is 186 Å². The zero-order valence-electron chi connectivity index (χ0n) is 16.8. The molecule has 0 saturated heterocycles. The molecule has 160 valence electrons. The first-order valence-corrected chi connectivity index (χ1v) is 10.9. The van der Waals surface area contributed by atoms with Gasteiger partial charge in [-0.3, -0.25) is 9.59 Å². The van der Waals surface area contributed by atoms with E-state index in [2.05, 4.69) is 20.7 Å². The Balaban J connectivity index is 1.42. The highest BCUT2D eigenvalue weighted by Gasteiger charge is 2.24. The molecule has 0 aliphatic heterocycles. The van der Waals surface area contributed by atoms with Crippen LogP contribution in [0.15, 0.2) is 66.0 Å². The summed E-state index contributed by atoms with van der Waals surface area (Å²) < 4.78 is 14.9. The molecule has 32 heavy (non-hydrogen) atoms. The van der Waals surface area contributed by atoms with Crippen molar-refractivity contribution in [1.82, 2.24) is 20.1 Å². The Morgan fingerprint density at radius 1 is 1.03 bits per heavy atom. The van der Waals surface area contributed by atoms with Crippen LogP contribution >= 0.6 is 11.3 Å². The van der Waals surface area contributed by atoms with Crippen molar-refractivity contribution in [3.05, 3.63) is 83.2 Å². The molecule has 0 atom stereocenters. The molecule has 9 heteroatoms. The van der Waals surface area contributed by atoms with Gasteiger partial charge in [0.1, 0.15) is 5.82 Å². The van der Waals surface area contributed by atoms with Crippen LogP contribution < -0.4 is 10.6 Å². The third kappa shape index (κ3) is 4.28. The van der Waals surface area contributed by atoms with E-state index in [0.29, 0.717) is 22.8 Å². The predicted molar refractivity (Wildman–Crippen MR) is 120 cm³/mol. The van der Waals surface area contributed by atoms with Gasteiger partial charge < -0.3 is 10.6 Å². The molecule has 1 aliphatic carbocycles. The van der Waals surface area contributed by atoms with E-state index < -0.39 is 5.91 Å². The highest BCUT2D eigenvalue weighted by Crippen LogP contribution is 2.26. The Bertz CT molecular complexity index is 1280. The second kappa shape index (κ2) is 8.35. The maximum absolute atomic E-state index is 13.4. The van der Waals surface area contributed by atoms with E-state index in [1.54, 1.807) is 36.4 Å². The summed E-state index contributed by atoms with van der Waals surface area (Å²) in [7, 11) is 0. The van der Waals surface area contributed by atoms with Gasteiger partial charge in [-0.05, 0) is 66.8 Å². The molecule has 2 aromatic heterocycles. The number of halogens is 1. The lowest BCUT2D eigenvalue weighted by Gasteiger charge is -2.06. The molecular formula is C23H18FN5O2S. The normalized spacial score (nSPS) is 13.0. The van der Waals surface area contributed by atoms with Crippen LogP contribution in [-0.4, -0.2) is 32.6 Å². The molecule has 2 aromatic carbocycles. The second-order valence-electron chi connectivity index (χ2n) is 7.41. The average Bonchev–Trinajstić information content (AvgIpc) is 3.26. The zero-order valence-corrected chi connectivity index (χ0v) is 17.6. The number of nitrogens with zero attached hydrogens (tertiary/aromatic N) is 3. The van der Waals surface area contributed by atoms with Crippen molar-refractivity contribution in [3.8, 4) is 16.4 Å². The lowest BCUT2D eigenvalue weighted by molar-refractivity contribution is 0.0949. The van der Waals surface area contributed by atoms with Crippen LogP contribution in [0.1, 0.15) is 33.8 Å². The van der Waals surface area contributed by atoms with Crippen LogP contribution in [0, 0.1) is 5.82 Å². The van der Waals surface area contributed by atoms with Crippen molar-refractivity contribution in [2.45, 2.75) is 18.9 Å². The first-order valence-electron chi connectivity index (χ1n) is 10.1. The summed E-state index contributed by atoms with van der Waals surface area (Å²) in [5.74, 6) is -0.597. The fourth-order valence-corrected chi connectivity index (χ4v) is 3.86. The lowest BCUT2D eigenvalue weighted by atomic mass is 10.2. The van der Waals surface area contributed by atoms with Crippen LogP contribution in [0.4, 0.5) is 10.1 Å². The van der Waals surface area contributed by atoms with E-state index in [1.165, 1.54) is 28.2 Å². The number of aromatic nitrogens is 3. The van der Waals surface area contributed by atoms with E-state index in [1.807, 2.05) is 17.5 Å². The highest BCUT2D eigenvalue weighted by molar-refractivity contribution is 7.13. The molecule has 0 unspecified atom stereocenters. The van der Waals surface area contributed by atoms with E-state index in [4.69, 9.17) is 0 Å². The molecule has 5 rings (SSSR count). The molecule has 0 radical (unpaired) electrons. The minimum Gasteiger partial charge on any atom is -0.349 e. The molecule has 7 nitrogen and oxygen atoms in total. The number of thiophene rings is 1. The summed E-state index contributed by atoms with van der Waals surface area (Å²) in [4.78, 5) is 30.4. The maximum Gasteiger partial charge on any atom is 0.295 e. The van der Waals surface area contributed by atoms with Crippen LogP contribution in [0.2, 0.25) is 0 Å². The number of rotatable bonds is 6. The van der Waals surface area contributed by atoms with Gasteiger partial charge in [0.2, 0.25) is 5.82 Å². The molecule has 1 fully saturated rings. The molecule has 1 aliphatic rings. The highest BCUT2D eigenvalue weighted by atomic mass is 32.1. The molecule has 0 bridgehead atoms. The van der Waals surface area contributed by atoms with Gasteiger partial charge in [-0.2, -0.15) is 0 Å². The third-order valence-electron chi connectivity index (χ3n) is 4.92. The quantitative estimate of drug-likeness (QED) is 0.462. The molecule has 2 amide bonds. The first-order chi connectivity index (χ1) is 15.6. The Morgan fingerprint density at radius 2 is 1.84 bits per heavy atom. The molecule has 2 heterocycles. The van der Waals surface area contributed by atoms with Crippen molar-refractivity contribution < 1.29 is 14.0 Å². The van der Waals surface area contributed by atoms with Crippen LogP contribution in [-0.2, 0) is 0 Å². The van der Waals surface area contributed by atoms with Gasteiger partial charge in [-0.1, -0.05) is 12.1 Å². The molecule has 4 aromatic rings. The van der Waals surface area contributed by atoms with Gasteiger partial charge in [0.15, 0.2) is 5.82 Å². The van der Waals surface area contributed by atoms with Crippen molar-refractivity contribution in [3.63, 3.8) is 0 Å². The SMILES string of the molecule is O=C(NC1CC1)c1cccc(NC(=O)c2nc(-c3cccs3)n(-c3ccc(F)cc3)n2)c1. The van der Waals surface area contributed by atoms with E-state index in [-0.39, 0.29) is 23.6 Å². The number of amides is 2. The van der Waals surface area contributed by atoms with Gasteiger partial charge in [-0.25, -0.2) is 14.1 Å². The van der Waals surface area contributed by atoms with Crippen LogP contribution in [0.5, 0.6) is 0 Å². The predicted octanol–water partition coefficient (Wildman–Crippen LogP) is 4.28. The minimum atomic E-state index is -0.511. The summed E-state index contributed by atoms with van der Waals surface area (Å²) in [5, 5.41) is 11.9. The Morgan fingerprint density at radius 3 is 2.56 bits per heavy atom. The van der Waals surface area contributed by atoms with E-state index >= 15 is 0 Å². The molecule has 0 spiro atoms. The summed E-state index contributed by atoms with van der Waals surface area (Å²) in [6, 6.07) is 16.5. The maximum atomic E-state index is 13.4. The number of nitrogens with one attached hydrogen (secondary N) is 2. The first kappa shape index (κ1) is 20.1. The Hall–Kier alpha value is -3.85.